The molecule has 0 saturated carbocycles. The Hall–Kier alpha value is -2.24. The molecule has 6 heteroatoms. The molecule has 2 N–H and O–H groups in total. The molecule has 0 aliphatic heterocycles. The summed E-state index contributed by atoms with van der Waals surface area (Å²) in [6, 6.07) is 10.0. The molecule has 0 aliphatic rings. The predicted molar refractivity (Wildman–Crippen MR) is 70.3 cm³/mol. The van der Waals surface area contributed by atoms with Crippen LogP contribution in [0.2, 0.25) is 0 Å². The van der Waals surface area contributed by atoms with Gasteiger partial charge in [0, 0.05) is 18.3 Å². The number of para-hydroxylation sites is 1. The Kier molecular flexibility index (Phi) is 3.83. The number of benzene rings is 1. The number of nitrogens with zero attached hydrogens (tertiary/aromatic N) is 1. The van der Waals surface area contributed by atoms with Crippen LogP contribution in [0, 0.1) is 0 Å². The second kappa shape index (κ2) is 5.40. The number of anilines is 1. The number of hydrogen-bond donors (Lipinski definition) is 1. The molecule has 1 heterocycles. The molecule has 1 aromatic carbocycles. The number of halogens is 3. The molecular formula is C14H13F3N2O. The van der Waals surface area contributed by atoms with Crippen molar-refractivity contribution in [2.24, 2.45) is 0 Å². The summed E-state index contributed by atoms with van der Waals surface area (Å²) in [6.07, 6.45) is -4.29. The smallest absolute Gasteiger partial charge is 0.399 e. The molecule has 1 aromatic heterocycles. The van der Waals surface area contributed by atoms with Gasteiger partial charge in [-0.05, 0) is 24.1 Å². The molecule has 0 atom stereocenters. The van der Waals surface area contributed by atoms with E-state index < -0.39 is 17.4 Å². The van der Waals surface area contributed by atoms with E-state index in [0.29, 0.717) is 5.69 Å². The van der Waals surface area contributed by atoms with Gasteiger partial charge >= 0.3 is 6.18 Å². The SMILES string of the molecule is Nc1ccccc1CCn1c(C(F)(F)F)cccc1=O. The first kappa shape index (κ1) is 14.2. The Balaban J connectivity index is 2.31. The van der Waals surface area contributed by atoms with E-state index in [-0.39, 0.29) is 13.0 Å². The lowest BCUT2D eigenvalue weighted by Crippen LogP contribution is -2.28. The van der Waals surface area contributed by atoms with Crippen molar-refractivity contribution in [3.05, 3.63) is 64.1 Å². The molecule has 20 heavy (non-hydrogen) atoms. The maximum atomic E-state index is 12.8. The average molecular weight is 282 g/mol. The lowest BCUT2D eigenvalue weighted by Gasteiger charge is -2.15. The van der Waals surface area contributed by atoms with Crippen LogP contribution in [0.4, 0.5) is 18.9 Å². The van der Waals surface area contributed by atoms with Crippen molar-refractivity contribution in [1.29, 1.82) is 0 Å². The third kappa shape index (κ3) is 3.01. The highest BCUT2D eigenvalue weighted by molar-refractivity contribution is 5.46. The van der Waals surface area contributed by atoms with E-state index in [9.17, 15) is 18.0 Å². The average Bonchev–Trinajstić information content (AvgIpc) is 2.37. The van der Waals surface area contributed by atoms with Crippen molar-refractivity contribution >= 4 is 5.69 Å². The molecule has 3 nitrogen and oxygen atoms in total. The summed E-state index contributed by atoms with van der Waals surface area (Å²) >= 11 is 0. The number of aromatic nitrogens is 1. The zero-order valence-electron chi connectivity index (χ0n) is 10.5. The maximum Gasteiger partial charge on any atom is 0.431 e. The second-order valence-corrected chi connectivity index (χ2v) is 4.35. The van der Waals surface area contributed by atoms with Crippen LogP contribution in [0.25, 0.3) is 0 Å². The summed E-state index contributed by atoms with van der Waals surface area (Å²) in [5.74, 6) is 0. The zero-order valence-corrected chi connectivity index (χ0v) is 10.5. The molecular weight excluding hydrogens is 269 g/mol. The van der Waals surface area contributed by atoms with Crippen LogP contribution >= 0.6 is 0 Å². The van der Waals surface area contributed by atoms with Crippen LogP contribution in [0.15, 0.2) is 47.3 Å². The van der Waals surface area contributed by atoms with Crippen molar-refractivity contribution in [3.63, 3.8) is 0 Å². The fourth-order valence-electron chi connectivity index (χ4n) is 1.99. The highest BCUT2D eigenvalue weighted by Gasteiger charge is 2.33. The third-order valence-electron chi connectivity index (χ3n) is 3.00. The van der Waals surface area contributed by atoms with Crippen LogP contribution in [0.3, 0.4) is 0 Å². The fourth-order valence-corrected chi connectivity index (χ4v) is 1.99. The molecule has 0 amide bonds. The first-order valence-electron chi connectivity index (χ1n) is 6.00. The van der Waals surface area contributed by atoms with E-state index in [1.54, 1.807) is 24.3 Å². The van der Waals surface area contributed by atoms with Crippen molar-refractivity contribution < 1.29 is 13.2 Å². The van der Waals surface area contributed by atoms with Gasteiger partial charge < -0.3 is 10.3 Å². The Bertz CT molecular complexity index is 662. The summed E-state index contributed by atoms with van der Waals surface area (Å²) in [5, 5.41) is 0. The minimum absolute atomic E-state index is 0.0667. The zero-order chi connectivity index (χ0) is 14.8. The highest BCUT2D eigenvalue weighted by atomic mass is 19.4. The van der Waals surface area contributed by atoms with Gasteiger partial charge in [0.05, 0.1) is 0 Å². The van der Waals surface area contributed by atoms with Gasteiger partial charge in [0.15, 0.2) is 0 Å². The summed E-state index contributed by atoms with van der Waals surface area (Å²) < 4.78 is 39.3. The molecule has 0 radical (unpaired) electrons. The number of pyridine rings is 1. The van der Waals surface area contributed by atoms with Crippen LogP contribution < -0.4 is 11.3 Å². The second-order valence-electron chi connectivity index (χ2n) is 4.35. The van der Waals surface area contributed by atoms with Crippen molar-refractivity contribution in [2.75, 3.05) is 5.73 Å². The van der Waals surface area contributed by atoms with Crippen LogP contribution in [-0.4, -0.2) is 4.57 Å². The van der Waals surface area contributed by atoms with E-state index in [4.69, 9.17) is 5.73 Å². The Labute approximate surface area is 113 Å². The fraction of sp³-hybridized carbons (Fsp3) is 0.214. The van der Waals surface area contributed by atoms with E-state index >= 15 is 0 Å². The number of hydrogen-bond acceptors (Lipinski definition) is 2. The molecule has 0 spiro atoms. The molecule has 0 unspecified atom stereocenters. The Morgan fingerprint density at radius 2 is 1.75 bits per heavy atom. The highest BCUT2D eigenvalue weighted by Crippen LogP contribution is 2.28. The topological polar surface area (TPSA) is 48.0 Å². The third-order valence-corrected chi connectivity index (χ3v) is 3.00. The number of alkyl halides is 3. The van der Waals surface area contributed by atoms with Gasteiger partial charge in [-0.15, -0.1) is 0 Å². The summed E-state index contributed by atoms with van der Waals surface area (Å²) in [5.41, 5.74) is 5.34. The lowest BCUT2D eigenvalue weighted by molar-refractivity contribution is -0.144. The van der Waals surface area contributed by atoms with E-state index in [0.717, 1.165) is 28.3 Å². The quantitative estimate of drug-likeness (QED) is 0.880. The van der Waals surface area contributed by atoms with E-state index in [2.05, 4.69) is 0 Å². The molecule has 2 aromatic rings. The van der Waals surface area contributed by atoms with Gasteiger partial charge in [-0.25, -0.2) is 0 Å². The summed E-state index contributed by atoms with van der Waals surface area (Å²) in [4.78, 5) is 11.6. The minimum Gasteiger partial charge on any atom is -0.399 e. The van der Waals surface area contributed by atoms with Gasteiger partial charge in [0.1, 0.15) is 5.69 Å². The molecule has 0 fully saturated rings. The van der Waals surface area contributed by atoms with Crippen LogP contribution in [0.1, 0.15) is 11.3 Å². The van der Waals surface area contributed by atoms with Gasteiger partial charge in [0.2, 0.25) is 0 Å². The molecule has 106 valence electrons. The summed E-state index contributed by atoms with van der Waals surface area (Å²) in [7, 11) is 0. The molecule has 0 bridgehead atoms. The van der Waals surface area contributed by atoms with Crippen LogP contribution in [0.5, 0.6) is 0 Å². The largest absolute Gasteiger partial charge is 0.431 e. The first-order valence-corrected chi connectivity index (χ1v) is 6.00. The number of rotatable bonds is 3. The van der Waals surface area contributed by atoms with Gasteiger partial charge in [0.25, 0.3) is 5.56 Å². The Morgan fingerprint density at radius 1 is 1.05 bits per heavy atom. The van der Waals surface area contributed by atoms with Gasteiger partial charge in [-0.1, -0.05) is 24.3 Å². The monoisotopic (exact) mass is 282 g/mol. The minimum atomic E-state index is -4.55. The van der Waals surface area contributed by atoms with Gasteiger partial charge in [-0.3, -0.25) is 4.79 Å². The van der Waals surface area contributed by atoms with Crippen molar-refractivity contribution in [1.82, 2.24) is 4.57 Å². The number of nitrogens with two attached hydrogens (primary N) is 1. The summed E-state index contributed by atoms with van der Waals surface area (Å²) in [6.45, 7) is -0.0667. The standard InChI is InChI=1S/C14H13F3N2O/c15-14(16,17)12-6-3-7-13(20)19(12)9-8-10-4-1-2-5-11(10)18/h1-7H,8-9,18H2. The first-order chi connectivity index (χ1) is 9.39. The Morgan fingerprint density at radius 3 is 2.40 bits per heavy atom. The normalized spacial score (nSPS) is 11.6. The molecule has 2 rings (SSSR count). The predicted octanol–water partition coefficient (Wildman–Crippen LogP) is 2.69. The number of nitrogen functional groups attached to an aromatic ring is 1. The van der Waals surface area contributed by atoms with Gasteiger partial charge in [-0.2, -0.15) is 13.2 Å². The maximum absolute atomic E-state index is 12.8. The molecule has 0 saturated heterocycles. The van der Waals surface area contributed by atoms with E-state index in [1.807, 2.05) is 0 Å². The van der Waals surface area contributed by atoms with Crippen molar-refractivity contribution in [3.8, 4) is 0 Å². The molecule has 0 aliphatic carbocycles. The van der Waals surface area contributed by atoms with E-state index in [1.165, 1.54) is 0 Å². The lowest BCUT2D eigenvalue weighted by atomic mass is 10.1. The van der Waals surface area contributed by atoms with Crippen LogP contribution in [-0.2, 0) is 19.1 Å². The number of aryl methyl sites for hydroxylation is 1. The van der Waals surface area contributed by atoms with Crippen molar-refractivity contribution in [2.45, 2.75) is 19.1 Å².